The van der Waals surface area contributed by atoms with Crippen molar-refractivity contribution in [2.24, 2.45) is 0 Å². The lowest BCUT2D eigenvalue weighted by atomic mass is 10.2. The topological polar surface area (TPSA) is 59.6 Å². The fraction of sp³-hybridized carbons (Fsp3) is 0.278. The van der Waals surface area contributed by atoms with Crippen molar-refractivity contribution < 1.29 is 14.3 Å². The normalized spacial score (nSPS) is 16.8. The summed E-state index contributed by atoms with van der Waals surface area (Å²) >= 11 is 0. The van der Waals surface area contributed by atoms with Crippen LogP contribution in [0.1, 0.15) is 12.8 Å². The third-order valence-electron chi connectivity index (χ3n) is 3.73. The molecule has 2 aromatic carbocycles. The van der Waals surface area contributed by atoms with Crippen LogP contribution in [0.3, 0.4) is 0 Å². The molecule has 0 radical (unpaired) electrons. The van der Waals surface area contributed by atoms with Crippen molar-refractivity contribution in [3.63, 3.8) is 0 Å². The average Bonchev–Trinajstić information content (AvgIpc) is 3.11. The van der Waals surface area contributed by atoms with Gasteiger partial charge in [-0.2, -0.15) is 0 Å². The number of nitrogens with one attached hydrogen (secondary N) is 2. The largest absolute Gasteiger partial charge is 0.497 e. The summed E-state index contributed by atoms with van der Waals surface area (Å²) in [5, 5.41) is 6.18. The second kappa shape index (κ2) is 7.15. The van der Waals surface area contributed by atoms with Gasteiger partial charge in [0.2, 0.25) is 0 Å². The molecule has 120 valence electrons. The van der Waals surface area contributed by atoms with Crippen LogP contribution in [0.5, 0.6) is 5.75 Å². The minimum absolute atomic E-state index is 0.0731. The predicted octanol–water partition coefficient (Wildman–Crippen LogP) is 3.56. The second-order valence-electron chi connectivity index (χ2n) is 5.43. The third kappa shape index (κ3) is 4.02. The summed E-state index contributed by atoms with van der Waals surface area (Å²) in [5.41, 5.74) is 2.65. The zero-order valence-corrected chi connectivity index (χ0v) is 13.0. The van der Waals surface area contributed by atoms with Crippen LogP contribution >= 0.6 is 0 Å². The van der Waals surface area contributed by atoms with E-state index in [1.807, 2.05) is 48.5 Å². The number of benzene rings is 2. The van der Waals surface area contributed by atoms with Crippen molar-refractivity contribution in [3.05, 3.63) is 48.5 Å². The number of ether oxygens (including phenoxy) is 2. The van der Waals surface area contributed by atoms with Gasteiger partial charge in [0.15, 0.2) is 0 Å². The first-order valence-corrected chi connectivity index (χ1v) is 7.68. The summed E-state index contributed by atoms with van der Waals surface area (Å²) in [5.74, 6) is 0.728. The van der Waals surface area contributed by atoms with Crippen LogP contribution in [0.15, 0.2) is 48.5 Å². The molecular weight excluding hydrogens is 292 g/mol. The lowest BCUT2D eigenvalue weighted by Gasteiger charge is -2.12. The maximum atomic E-state index is 12.0. The number of anilines is 3. The molecule has 3 rings (SSSR count). The zero-order chi connectivity index (χ0) is 16.1. The molecule has 1 fully saturated rings. The first kappa shape index (κ1) is 15.4. The molecule has 1 atom stereocenters. The lowest BCUT2D eigenvalue weighted by Crippen LogP contribution is -2.26. The Balaban J connectivity index is 1.61. The van der Waals surface area contributed by atoms with Crippen molar-refractivity contribution >= 4 is 23.0 Å². The lowest BCUT2D eigenvalue weighted by molar-refractivity contribution is -0.124. The molecule has 0 aromatic heterocycles. The van der Waals surface area contributed by atoms with Crippen LogP contribution < -0.4 is 15.4 Å². The molecule has 1 heterocycles. The molecule has 5 nitrogen and oxygen atoms in total. The molecule has 23 heavy (non-hydrogen) atoms. The fourth-order valence-electron chi connectivity index (χ4n) is 2.51. The first-order chi connectivity index (χ1) is 11.2. The summed E-state index contributed by atoms with van der Waals surface area (Å²) in [4.78, 5) is 12.0. The number of rotatable bonds is 5. The Labute approximate surface area is 135 Å². The van der Waals surface area contributed by atoms with E-state index in [0.29, 0.717) is 6.61 Å². The fourth-order valence-corrected chi connectivity index (χ4v) is 2.51. The van der Waals surface area contributed by atoms with Gasteiger partial charge < -0.3 is 20.1 Å². The maximum Gasteiger partial charge on any atom is 0.253 e. The van der Waals surface area contributed by atoms with Crippen molar-refractivity contribution in [2.45, 2.75) is 18.9 Å². The molecule has 2 N–H and O–H groups in total. The SMILES string of the molecule is COc1cccc(Nc2ccc(NC(=O)C3CCCO3)cc2)c1. The number of hydrogen-bond donors (Lipinski definition) is 2. The van der Waals surface area contributed by atoms with Crippen LogP contribution in [-0.2, 0) is 9.53 Å². The Morgan fingerprint density at radius 2 is 1.91 bits per heavy atom. The van der Waals surface area contributed by atoms with E-state index < -0.39 is 0 Å². The summed E-state index contributed by atoms with van der Waals surface area (Å²) < 4.78 is 10.6. The second-order valence-corrected chi connectivity index (χ2v) is 5.43. The Morgan fingerprint density at radius 3 is 2.61 bits per heavy atom. The maximum absolute atomic E-state index is 12.0. The van der Waals surface area contributed by atoms with Gasteiger partial charge in [-0.3, -0.25) is 4.79 Å². The Kier molecular flexibility index (Phi) is 4.78. The monoisotopic (exact) mass is 312 g/mol. The van der Waals surface area contributed by atoms with Crippen molar-refractivity contribution in [3.8, 4) is 5.75 Å². The smallest absolute Gasteiger partial charge is 0.253 e. The molecule has 1 aliphatic rings. The van der Waals surface area contributed by atoms with Gasteiger partial charge in [-0.1, -0.05) is 6.07 Å². The van der Waals surface area contributed by atoms with Gasteiger partial charge in [-0.15, -0.1) is 0 Å². The van der Waals surface area contributed by atoms with E-state index >= 15 is 0 Å². The number of amides is 1. The molecule has 1 amide bonds. The molecule has 1 saturated heterocycles. The predicted molar refractivity (Wildman–Crippen MR) is 90.3 cm³/mol. The number of carbonyl (C=O) groups excluding carboxylic acids is 1. The molecule has 1 aliphatic heterocycles. The van der Waals surface area contributed by atoms with Crippen LogP contribution in [0.4, 0.5) is 17.1 Å². The van der Waals surface area contributed by atoms with Crippen molar-refractivity contribution in [2.75, 3.05) is 24.4 Å². The van der Waals surface area contributed by atoms with E-state index in [9.17, 15) is 4.79 Å². The van der Waals surface area contributed by atoms with Crippen molar-refractivity contribution in [1.29, 1.82) is 0 Å². The number of methoxy groups -OCH3 is 1. The Morgan fingerprint density at radius 1 is 1.13 bits per heavy atom. The highest BCUT2D eigenvalue weighted by atomic mass is 16.5. The number of hydrogen-bond acceptors (Lipinski definition) is 4. The standard InChI is InChI=1S/C18H20N2O3/c1-22-16-5-2-4-15(12-16)19-13-7-9-14(10-8-13)20-18(21)17-6-3-11-23-17/h2,4-5,7-10,12,17,19H,3,6,11H2,1H3,(H,20,21). The molecule has 5 heteroatoms. The summed E-state index contributed by atoms with van der Waals surface area (Å²) in [6.45, 7) is 0.668. The highest BCUT2D eigenvalue weighted by molar-refractivity contribution is 5.94. The van der Waals surface area contributed by atoms with Gasteiger partial charge in [-0.25, -0.2) is 0 Å². The van der Waals surface area contributed by atoms with Crippen molar-refractivity contribution in [1.82, 2.24) is 0 Å². The van der Waals surface area contributed by atoms with Gasteiger partial charge in [0.25, 0.3) is 5.91 Å². The average molecular weight is 312 g/mol. The summed E-state index contributed by atoms with van der Waals surface area (Å²) in [7, 11) is 1.64. The molecule has 1 unspecified atom stereocenters. The highest BCUT2D eigenvalue weighted by Crippen LogP contribution is 2.23. The van der Waals surface area contributed by atoms with Crippen LogP contribution in [0, 0.1) is 0 Å². The Hall–Kier alpha value is -2.53. The minimum Gasteiger partial charge on any atom is -0.497 e. The molecule has 0 bridgehead atoms. The van der Waals surface area contributed by atoms with E-state index in [1.54, 1.807) is 7.11 Å². The van der Waals surface area contributed by atoms with Crippen LogP contribution in [0.2, 0.25) is 0 Å². The molecule has 0 spiro atoms. The Bertz CT molecular complexity index is 664. The van der Waals surface area contributed by atoms with Crippen LogP contribution in [0.25, 0.3) is 0 Å². The number of carbonyl (C=O) groups is 1. The third-order valence-corrected chi connectivity index (χ3v) is 3.73. The summed E-state index contributed by atoms with van der Waals surface area (Å²) in [6, 6.07) is 15.3. The van der Waals surface area contributed by atoms with E-state index in [2.05, 4.69) is 10.6 Å². The highest BCUT2D eigenvalue weighted by Gasteiger charge is 2.23. The van der Waals surface area contributed by atoms with E-state index in [-0.39, 0.29) is 12.0 Å². The van der Waals surface area contributed by atoms with E-state index in [4.69, 9.17) is 9.47 Å². The zero-order valence-electron chi connectivity index (χ0n) is 13.0. The minimum atomic E-state index is -0.315. The quantitative estimate of drug-likeness (QED) is 0.886. The molecule has 0 aliphatic carbocycles. The summed E-state index contributed by atoms with van der Waals surface area (Å²) in [6.07, 6.45) is 1.42. The molecule has 2 aromatic rings. The van der Waals surface area contributed by atoms with Gasteiger partial charge in [0.05, 0.1) is 7.11 Å². The van der Waals surface area contributed by atoms with E-state index in [1.165, 1.54) is 0 Å². The van der Waals surface area contributed by atoms with E-state index in [0.717, 1.165) is 35.7 Å². The van der Waals surface area contributed by atoms with Gasteiger partial charge in [0.1, 0.15) is 11.9 Å². The van der Waals surface area contributed by atoms with Crippen LogP contribution in [-0.4, -0.2) is 25.7 Å². The first-order valence-electron chi connectivity index (χ1n) is 7.68. The molecular formula is C18H20N2O3. The van der Waals surface area contributed by atoms with Gasteiger partial charge in [-0.05, 0) is 49.2 Å². The van der Waals surface area contributed by atoms with Gasteiger partial charge in [0, 0.05) is 29.7 Å². The molecule has 0 saturated carbocycles. The van der Waals surface area contributed by atoms with Gasteiger partial charge >= 0.3 is 0 Å².